The van der Waals surface area contributed by atoms with Gasteiger partial charge in [-0.2, -0.15) is 0 Å². The van der Waals surface area contributed by atoms with Gasteiger partial charge in [0.1, 0.15) is 0 Å². The Kier molecular flexibility index (Phi) is 3.11. The second-order valence-electron chi connectivity index (χ2n) is 4.71. The van der Waals surface area contributed by atoms with Gasteiger partial charge in [-0.1, -0.05) is 0 Å². The van der Waals surface area contributed by atoms with Gasteiger partial charge in [0.05, 0.1) is 17.4 Å². The van der Waals surface area contributed by atoms with Crippen molar-refractivity contribution in [1.82, 2.24) is 10.2 Å². The molecule has 2 rings (SSSR count). The number of rotatable bonds is 2. The first-order chi connectivity index (χ1) is 7.89. The summed E-state index contributed by atoms with van der Waals surface area (Å²) in [5, 5.41) is 2.61. The normalized spacial score (nSPS) is 31.2. The van der Waals surface area contributed by atoms with Crippen molar-refractivity contribution in [2.45, 2.75) is 18.9 Å². The summed E-state index contributed by atoms with van der Waals surface area (Å²) in [6.07, 6.45) is 0.710. The Morgan fingerprint density at radius 1 is 1.47 bits per heavy atom. The van der Waals surface area contributed by atoms with Crippen LogP contribution >= 0.6 is 0 Å². The molecule has 96 valence electrons. The average molecular weight is 260 g/mol. The molecule has 6 nitrogen and oxygen atoms in total. The maximum Gasteiger partial charge on any atom is 0.228 e. The fraction of sp³-hybridized carbons (Fsp3) is 0.800. The molecule has 2 amide bonds. The number of nitrogens with zero attached hydrogens (tertiary/aromatic N) is 1. The van der Waals surface area contributed by atoms with Gasteiger partial charge in [0, 0.05) is 26.1 Å². The van der Waals surface area contributed by atoms with E-state index in [0.717, 1.165) is 0 Å². The number of amides is 2. The lowest BCUT2D eigenvalue weighted by Crippen LogP contribution is -2.41. The zero-order valence-electron chi connectivity index (χ0n) is 9.68. The predicted octanol–water partition coefficient (Wildman–Crippen LogP) is -1.23. The molecule has 0 saturated carbocycles. The SMILES string of the molecule is CN(C(=O)C1CNC(=O)C1)C1CCS(=O)(=O)C1. The van der Waals surface area contributed by atoms with E-state index in [1.807, 2.05) is 0 Å². The van der Waals surface area contributed by atoms with Gasteiger partial charge in [0.15, 0.2) is 9.84 Å². The molecule has 2 aliphatic heterocycles. The first-order valence-electron chi connectivity index (χ1n) is 5.63. The molecule has 0 aromatic carbocycles. The molecule has 2 heterocycles. The summed E-state index contributed by atoms with van der Waals surface area (Å²) >= 11 is 0. The van der Waals surface area contributed by atoms with Gasteiger partial charge in [0.25, 0.3) is 0 Å². The van der Waals surface area contributed by atoms with Crippen LogP contribution in [0.2, 0.25) is 0 Å². The maximum absolute atomic E-state index is 12.0. The molecule has 0 spiro atoms. The first kappa shape index (κ1) is 12.3. The zero-order valence-corrected chi connectivity index (χ0v) is 10.5. The third kappa shape index (κ3) is 2.59. The summed E-state index contributed by atoms with van der Waals surface area (Å²) < 4.78 is 22.7. The monoisotopic (exact) mass is 260 g/mol. The summed E-state index contributed by atoms with van der Waals surface area (Å²) in [5.41, 5.74) is 0. The van der Waals surface area contributed by atoms with Gasteiger partial charge in [-0.3, -0.25) is 9.59 Å². The lowest BCUT2D eigenvalue weighted by molar-refractivity contribution is -0.136. The van der Waals surface area contributed by atoms with Crippen LogP contribution in [0, 0.1) is 5.92 Å². The van der Waals surface area contributed by atoms with E-state index in [1.54, 1.807) is 7.05 Å². The number of nitrogens with one attached hydrogen (secondary N) is 1. The standard InChI is InChI=1S/C10H16N2O4S/c1-12(8-2-3-17(15,16)6-8)10(14)7-4-9(13)11-5-7/h7-8H,2-6H2,1H3,(H,11,13). The van der Waals surface area contributed by atoms with Gasteiger partial charge in [-0.15, -0.1) is 0 Å². The average Bonchev–Trinajstić information content (AvgIpc) is 2.82. The van der Waals surface area contributed by atoms with Crippen LogP contribution in [0.4, 0.5) is 0 Å². The van der Waals surface area contributed by atoms with Crippen LogP contribution in [0.25, 0.3) is 0 Å². The summed E-state index contributed by atoms with van der Waals surface area (Å²) in [6, 6.07) is -0.233. The van der Waals surface area contributed by atoms with E-state index in [9.17, 15) is 18.0 Å². The molecule has 2 aliphatic rings. The van der Waals surface area contributed by atoms with Crippen molar-refractivity contribution in [2.24, 2.45) is 5.92 Å². The molecule has 7 heteroatoms. The maximum atomic E-state index is 12.0. The van der Waals surface area contributed by atoms with Crippen molar-refractivity contribution in [1.29, 1.82) is 0 Å². The van der Waals surface area contributed by atoms with Gasteiger partial charge in [-0.25, -0.2) is 8.42 Å². The van der Waals surface area contributed by atoms with Crippen molar-refractivity contribution in [2.75, 3.05) is 25.1 Å². The van der Waals surface area contributed by atoms with E-state index in [4.69, 9.17) is 0 Å². The minimum atomic E-state index is -2.98. The summed E-state index contributed by atoms with van der Waals surface area (Å²) in [4.78, 5) is 24.6. The molecule has 2 atom stereocenters. The van der Waals surface area contributed by atoms with Crippen LogP contribution in [0.1, 0.15) is 12.8 Å². The molecular weight excluding hydrogens is 244 g/mol. The fourth-order valence-electron chi connectivity index (χ4n) is 2.33. The highest BCUT2D eigenvalue weighted by atomic mass is 32.2. The van der Waals surface area contributed by atoms with E-state index in [0.29, 0.717) is 13.0 Å². The smallest absolute Gasteiger partial charge is 0.228 e. The molecule has 0 aromatic rings. The van der Waals surface area contributed by atoms with E-state index in [1.165, 1.54) is 4.90 Å². The van der Waals surface area contributed by atoms with Crippen molar-refractivity contribution in [3.8, 4) is 0 Å². The van der Waals surface area contributed by atoms with Crippen LogP contribution in [-0.4, -0.2) is 56.3 Å². The van der Waals surface area contributed by atoms with E-state index >= 15 is 0 Å². The number of carbonyl (C=O) groups excluding carboxylic acids is 2. The zero-order chi connectivity index (χ0) is 12.6. The largest absolute Gasteiger partial charge is 0.355 e. The fourth-order valence-corrected chi connectivity index (χ4v) is 4.10. The van der Waals surface area contributed by atoms with E-state index in [2.05, 4.69) is 5.32 Å². The topological polar surface area (TPSA) is 83.6 Å². The quantitative estimate of drug-likeness (QED) is 0.673. The minimum absolute atomic E-state index is 0.0450. The third-order valence-corrected chi connectivity index (χ3v) is 5.18. The Bertz CT molecular complexity index is 445. The highest BCUT2D eigenvalue weighted by Crippen LogP contribution is 2.20. The highest BCUT2D eigenvalue weighted by Gasteiger charge is 2.37. The first-order valence-corrected chi connectivity index (χ1v) is 7.45. The van der Waals surface area contributed by atoms with Crippen molar-refractivity contribution < 1.29 is 18.0 Å². The number of hydrogen-bond donors (Lipinski definition) is 1. The highest BCUT2D eigenvalue weighted by molar-refractivity contribution is 7.91. The van der Waals surface area contributed by atoms with E-state index in [-0.39, 0.29) is 41.7 Å². The molecule has 2 fully saturated rings. The lowest BCUT2D eigenvalue weighted by atomic mass is 10.1. The Morgan fingerprint density at radius 2 is 2.18 bits per heavy atom. The van der Waals surface area contributed by atoms with Crippen LogP contribution in [0.5, 0.6) is 0 Å². The summed E-state index contributed by atoms with van der Waals surface area (Å²) in [5.74, 6) is -0.391. The van der Waals surface area contributed by atoms with Crippen LogP contribution < -0.4 is 5.32 Å². The summed E-state index contributed by atoms with van der Waals surface area (Å²) in [6.45, 7) is 0.363. The minimum Gasteiger partial charge on any atom is -0.355 e. The molecule has 0 radical (unpaired) electrons. The van der Waals surface area contributed by atoms with E-state index < -0.39 is 9.84 Å². The Morgan fingerprint density at radius 3 is 2.65 bits per heavy atom. The van der Waals surface area contributed by atoms with Crippen LogP contribution in [0.15, 0.2) is 0 Å². The van der Waals surface area contributed by atoms with Gasteiger partial charge in [-0.05, 0) is 6.42 Å². The van der Waals surface area contributed by atoms with Crippen molar-refractivity contribution in [3.05, 3.63) is 0 Å². The number of sulfone groups is 1. The molecule has 17 heavy (non-hydrogen) atoms. The molecule has 1 N–H and O–H groups in total. The molecule has 0 aliphatic carbocycles. The van der Waals surface area contributed by atoms with Crippen molar-refractivity contribution >= 4 is 21.7 Å². The van der Waals surface area contributed by atoms with Crippen molar-refractivity contribution in [3.63, 3.8) is 0 Å². The molecule has 2 saturated heterocycles. The van der Waals surface area contributed by atoms with Crippen LogP contribution in [0.3, 0.4) is 0 Å². The third-order valence-electron chi connectivity index (χ3n) is 3.43. The number of carbonyl (C=O) groups is 2. The Hall–Kier alpha value is -1.11. The molecule has 2 unspecified atom stereocenters. The Balaban J connectivity index is 1.98. The van der Waals surface area contributed by atoms with Gasteiger partial charge < -0.3 is 10.2 Å². The predicted molar refractivity (Wildman–Crippen MR) is 60.9 cm³/mol. The number of hydrogen-bond acceptors (Lipinski definition) is 4. The summed E-state index contributed by atoms with van der Waals surface area (Å²) in [7, 11) is -1.36. The Labute approximate surface area is 100 Å². The van der Waals surface area contributed by atoms with Gasteiger partial charge in [0.2, 0.25) is 11.8 Å². The second-order valence-corrected chi connectivity index (χ2v) is 6.94. The molecule has 0 bridgehead atoms. The second kappa shape index (κ2) is 4.29. The molecular formula is C10H16N2O4S. The van der Waals surface area contributed by atoms with Gasteiger partial charge >= 0.3 is 0 Å². The lowest BCUT2D eigenvalue weighted by Gasteiger charge is -2.25. The molecule has 0 aromatic heterocycles. The van der Waals surface area contributed by atoms with Crippen LogP contribution in [-0.2, 0) is 19.4 Å².